The Morgan fingerprint density at radius 1 is 1.00 bits per heavy atom. The molecule has 1 unspecified atom stereocenters. The van der Waals surface area contributed by atoms with E-state index >= 15 is 0 Å². The number of para-hydroxylation sites is 1. The maximum Gasteiger partial charge on any atom is 0.0787 e. The minimum Gasteiger partial charge on any atom is -0.388 e. The molecule has 0 radical (unpaired) electrons. The molecule has 0 bridgehead atoms. The number of hydrogen-bond acceptors (Lipinski definition) is 2. The van der Waals surface area contributed by atoms with E-state index in [9.17, 15) is 5.11 Å². The van der Waals surface area contributed by atoms with E-state index in [-0.39, 0.29) is 0 Å². The molecule has 2 nitrogen and oxygen atoms in total. The van der Waals surface area contributed by atoms with Crippen LogP contribution in [0.1, 0.15) is 36.3 Å². The molecule has 1 atom stereocenters. The van der Waals surface area contributed by atoms with Crippen molar-refractivity contribution in [3.05, 3.63) is 77.5 Å². The molecule has 0 spiro atoms. The highest BCUT2D eigenvalue weighted by atomic mass is 16.3. The fourth-order valence-corrected chi connectivity index (χ4v) is 2.46. The lowest BCUT2D eigenvalue weighted by atomic mass is 10.0. The summed E-state index contributed by atoms with van der Waals surface area (Å²) in [5, 5.41) is 11.1. The van der Waals surface area contributed by atoms with E-state index in [1.54, 1.807) is 0 Å². The molecule has 0 fully saturated rings. The average molecular weight is 289 g/mol. The minimum atomic E-state index is -0.396. The van der Waals surface area contributed by atoms with Gasteiger partial charge in [-0.05, 0) is 41.8 Å². The molecular formula is C20H19NO. The van der Waals surface area contributed by atoms with E-state index in [0.717, 1.165) is 34.1 Å². The van der Waals surface area contributed by atoms with Crippen LogP contribution in [0.25, 0.3) is 23.1 Å². The lowest BCUT2D eigenvalue weighted by Gasteiger charge is -2.08. The number of nitrogens with zero attached hydrogens (tertiary/aromatic N) is 1. The molecule has 2 aromatic carbocycles. The Balaban J connectivity index is 1.86. The van der Waals surface area contributed by atoms with Crippen LogP contribution in [0.5, 0.6) is 0 Å². The number of benzene rings is 2. The highest BCUT2D eigenvalue weighted by Gasteiger charge is 2.03. The number of aliphatic hydroxyl groups excluding tert-OH is 1. The number of aliphatic hydroxyl groups is 1. The quantitative estimate of drug-likeness (QED) is 0.745. The summed E-state index contributed by atoms with van der Waals surface area (Å²) in [5.74, 6) is 0. The molecule has 1 heterocycles. The van der Waals surface area contributed by atoms with Gasteiger partial charge in [0.15, 0.2) is 0 Å². The van der Waals surface area contributed by atoms with Crippen LogP contribution in [0, 0.1) is 0 Å². The first-order valence-electron chi connectivity index (χ1n) is 7.58. The van der Waals surface area contributed by atoms with Crippen LogP contribution < -0.4 is 0 Å². The van der Waals surface area contributed by atoms with Gasteiger partial charge in [0.1, 0.15) is 0 Å². The van der Waals surface area contributed by atoms with Gasteiger partial charge in [0, 0.05) is 5.39 Å². The first-order valence-corrected chi connectivity index (χ1v) is 7.58. The zero-order valence-corrected chi connectivity index (χ0v) is 12.6. The molecule has 110 valence electrons. The Bertz CT molecular complexity index is 807. The van der Waals surface area contributed by atoms with E-state index in [4.69, 9.17) is 0 Å². The highest BCUT2D eigenvalue weighted by Crippen LogP contribution is 2.19. The van der Waals surface area contributed by atoms with Gasteiger partial charge in [-0.15, -0.1) is 0 Å². The van der Waals surface area contributed by atoms with Crippen molar-refractivity contribution in [1.29, 1.82) is 0 Å². The second kappa shape index (κ2) is 6.54. The topological polar surface area (TPSA) is 33.1 Å². The van der Waals surface area contributed by atoms with Gasteiger partial charge in [-0.25, -0.2) is 4.98 Å². The number of aromatic nitrogens is 1. The van der Waals surface area contributed by atoms with Crippen LogP contribution >= 0.6 is 0 Å². The Morgan fingerprint density at radius 2 is 1.86 bits per heavy atom. The van der Waals surface area contributed by atoms with Crippen LogP contribution in [-0.2, 0) is 0 Å². The number of pyridine rings is 1. The Kier molecular flexibility index (Phi) is 4.31. The summed E-state index contributed by atoms with van der Waals surface area (Å²) in [6, 6.07) is 20.2. The molecule has 0 saturated carbocycles. The fourth-order valence-electron chi connectivity index (χ4n) is 2.46. The molecule has 3 rings (SSSR count). The molecule has 0 aliphatic carbocycles. The van der Waals surface area contributed by atoms with E-state index in [1.165, 1.54) is 0 Å². The van der Waals surface area contributed by atoms with Crippen LogP contribution in [0.15, 0.2) is 60.7 Å². The molecular weight excluding hydrogens is 270 g/mol. The normalized spacial score (nSPS) is 12.8. The van der Waals surface area contributed by atoms with E-state index < -0.39 is 6.10 Å². The highest BCUT2D eigenvalue weighted by molar-refractivity contribution is 5.80. The van der Waals surface area contributed by atoms with Crippen molar-refractivity contribution < 1.29 is 5.11 Å². The maximum absolute atomic E-state index is 9.92. The van der Waals surface area contributed by atoms with E-state index in [0.29, 0.717) is 0 Å². The van der Waals surface area contributed by atoms with E-state index in [2.05, 4.69) is 17.1 Å². The standard InChI is InChI=1S/C20H19NO/c1-2-20(22)17-8-5-6-15(14-17)10-12-18-13-11-16-7-3-4-9-19(16)21-18/h3-14,20,22H,2H2,1H3/b12-10+. The molecule has 0 amide bonds. The lowest BCUT2D eigenvalue weighted by Crippen LogP contribution is -1.94. The second-order valence-electron chi connectivity index (χ2n) is 5.36. The van der Waals surface area contributed by atoms with Crippen molar-refractivity contribution in [2.75, 3.05) is 0 Å². The van der Waals surface area contributed by atoms with Gasteiger partial charge < -0.3 is 5.11 Å². The van der Waals surface area contributed by atoms with Gasteiger partial charge in [-0.2, -0.15) is 0 Å². The summed E-state index contributed by atoms with van der Waals surface area (Å²) in [5.41, 5.74) is 3.95. The first-order chi connectivity index (χ1) is 10.8. The Hall–Kier alpha value is -2.45. The SMILES string of the molecule is CCC(O)c1cccc(/C=C/c2ccc3ccccc3n2)c1. The molecule has 22 heavy (non-hydrogen) atoms. The van der Waals surface area contributed by atoms with Crippen LogP contribution in [0.2, 0.25) is 0 Å². The Labute approximate surface area is 130 Å². The zero-order chi connectivity index (χ0) is 15.4. The maximum atomic E-state index is 9.92. The van der Waals surface area contributed by atoms with Crippen molar-refractivity contribution >= 4 is 23.1 Å². The third-order valence-corrected chi connectivity index (χ3v) is 3.75. The number of fused-ring (bicyclic) bond motifs is 1. The van der Waals surface area contributed by atoms with Crippen molar-refractivity contribution in [3.8, 4) is 0 Å². The van der Waals surface area contributed by atoms with E-state index in [1.807, 2.05) is 67.6 Å². The van der Waals surface area contributed by atoms with Gasteiger partial charge in [-0.1, -0.05) is 55.5 Å². The fraction of sp³-hybridized carbons (Fsp3) is 0.150. The monoisotopic (exact) mass is 289 g/mol. The summed E-state index contributed by atoms with van der Waals surface area (Å²) in [7, 11) is 0. The molecule has 1 aromatic heterocycles. The smallest absolute Gasteiger partial charge is 0.0787 e. The largest absolute Gasteiger partial charge is 0.388 e. The molecule has 1 N–H and O–H groups in total. The molecule has 2 heteroatoms. The Morgan fingerprint density at radius 3 is 2.73 bits per heavy atom. The van der Waals surface area contributed by atoms with Crippen molar-refractivity contribution in [2.45, 2.75) is 19.4 Å². The van der Waals surface area contributed by atoms with Crippen molar-refractivity contribution in [2.24, 2.45) is 0 Å². The van der Waals surface area contributed by atoms with Gasteiger partial charge in [0.25, 0.3) is 0 Å². The van der Waals surface area contributed by atoms with Gasteiger partial charge in [0.05, 0.1) is 17.3 Å². The number of hydrogen-bond donors (Lipinski definition) is 1. The van der Waals surface area contributed by atoms with Gasteiger partial charge in [0.2, 0.25) is 0 Å². The third-order valence-electron chi connectivity index (χ3n) is 3.75. The first kappa shape index (κ1) is 14.5. The zero-order valence-electron chi connectivity index (χ0n) is 12.6. The van der Waals surface area contributed by atoms with Crippen LogP contribution in [-0.4, -0.2) is 10.1 Å². The lowest BCUT2D eigenvalue weighted by molar-refractivity contribution is 0.173. The van der Waals surface area contributed by atoms with Crippen molar-refractivity contribution in [1.82, 2.24) is 4.98 Å². The summed E-state index contributed by atoms with van der Waals surface area (Å²) >= 11 is 0. The summed E-state index contributed by atoms with van der Waals surface area (Å²) in [6.45, 7) is 1.98. The molecule has 0 saturated heterocycles. The third kappa shape index (κ3) is 3.23. The second-order valence-corrected chi connectivity index (χ2v) is 5.36. The summed E-state index contributed by atoms with van der Waals surface area (Å²) in [4.78, 5) is 4.63. The molecule has 3 aromatic rings. The minimum absolute atomic E-state index is 0.396. The van der Waals surface area contributed by atoms with Crippen LogP contribution in [0.3, 0.4) is 0 Å². The average Bonchev–Trinajstić information content (AvgIpc) is 2.59. The summed E-state index contributed by atoms with van der Waals surface area (Å²) in [6.07, 6.45) is 4.36. The van der Waals surface area contributed by atoms with Crippen LogP contribution in [0.4, 0.5) is 0 Å². The van der Waals surface area contributed by atoms with Gasteiger partial charge >= 0.3 is 0 Å². The summed E-state index contributed by atoms with van der Waals surface area (Å²) < 4.78 is 0. The molecule has 0 aliphatic heterocycles. The van der Waals surface area contributed by atoms with Gasteiger partial charge in [-0.3, -0.25) is 0 Å². The predicted octanol–water partition coefficient (Wildman–Crippen LogP) is 4.85. The predicted molar refractivity (Wildman–Crippen MR) is 92.4 cm³/mol. The number of rotatable bonds is 4. The molecule has 0 aliphatic rings. The van der Waals surface area contributed by atoms with Crippen molar-refractivity contribution in [3.63, 3.8) is 0 Å².